The molecule has 1 rings (SSSR count). The van der Waals surface area contributed by atoms with Gasteiger partial charge < -0.3 is 20.3 Å². The standard InChI is InChI=1S/C26H39N3O4S/c1-7-10-16-27-23(30)22(20-14-12-19(9-3)13-15-20)29(17-11-8-2)24(31)21(18-34)28-25(32)33-26(4,5)6/h3,12-15,21-22,34H,7-8,10-11,16-18H2,1-2,4-6H3,(H,27,30)(H,28,32). The molecular weight excluding hydrogens is 450 g/mol. The molecule has 188 valence electrons. The zero-order valence-electron chi connectivity index (χ0n) is 21.0. The minimum Gasteiger partial charge on any atom is -0.444 e. The topological polar surface area (TPSA) is 87.7 Å². The molecule has 0 aromatic heterocycles. The Morgan fingerprint density at radius 2 is 1.74 bits per heavy atom. The summed E-state index contributed by atoms with van der Waals surface area (Å²) in [6.45, 7) is 10.1. The van der Waals surface area contributed by atoms with Gasteiger partial charge in [0.1, 0.15) is 17.7 Å². The second-order valence-electron chi connectivity index (χ2n) is 9.08. The summed E-state index contributed by atoms with van der Waals surface area (Å²) in [5.41, 5.74) is 0.615. The SMILES string of the molecule is C#Cc1ccc(C(C(=O)NCCCC)N(CCCC)C(=O)C(CS)NC(=O)OC(C)(C)C)cc1. The molecule has 2 unspecified atom stereocenters. The fraction of sp³-hybridized carbons (Fsp3) is 0.577. The van der Waals surface area contributed by atoms with Gasteiger partial charge in [0.05, 0.1) is 0 Å². The normalized spacial score (nSPS) is 12.7. The van der Waals surface area contributed by atoms with Gasteiger partial charge >= 0.3 is 6.09 Å². The zero-order chi connectivity index (χ0) is 25.7. The average molecular weight is 490 g/mol. The largest absolute Gasteiger partial charge is 0.444 e. The molecule has 0 saturated heterocycles. The smallest absolute Gasteiger partial charge is 0.408 e. The highest BCUT2D eigenvalue weighted by Gasteiger charge is 2.35. The first kappa shape index (κ1) is 29.4. The van der Waals surface area contributed by atoms with Crippen LogP contribution in [0.25, 0.3) is 0 Å². The first-order valence-electron chi connectivity index (χ1n) is 11.8. The number of nitrogens with one attached hydrogen (secondary N) is 2. The molecule has 2 atom stereocenters. The van der Waals surface area contributed by atoms with Crippen LogP contribution in [-0.4, -0.2) is 53.3 Å². The maximum atomic E-state index is 13.6. The van der Waals surface area contributed by atoms with Crippen LogP contribution in [0.3, 0.4) is 0 Å². The first-order valence-corrected chi connectivity index (χ1v) is 12.5. The molecule has 8 heteroatoms. The van der Waals surface area contributed by atoms with Crippen LogP contribution in [0.5, 0.6) is 0 Å². The fourth-order valence-electron chi connectivity index (χ4n) is 3.25. The van der Waals surface area contributed by atoms with Gasteiger partial charge in [-0.2, -0.15) is 12.6 Å². The van der Waals surface area contributed by atoms with Crippen LogP contribution in [0, 0.1) is 12.3 Å². The number of ether oxygens (including phenoxy) is 1. The zero-order valence-corrected chi connectivity index (χ0v) is 21.9. The predicted molar refractivity (Wildman–Crippen MR) is 139 cm³/mol. The molecule has 2 N–H and O–H groups in total. The van der Waals surface area contributed by atoms with Crippen molar-refractivity contribution in [3.8, 4) is 12.3 Å². The number of alkyl carbamates (subject to hydrolysis) is 1. The van der Waals surface area contributed by atoms with E-state index in [1.807, 2.05) is 13.8 Å². The molecule has 7 nitrogen and oxygen atoms in total. The lowest BCUT2D eigenvalue weighted by molar-refractivity contribution is -0.142. The average Bonchev–Trinajstić information content (AvgIpc) is 2.78. The molecule has 0 aliphatic rings. The van der Waals surface area contributed by atoms with Crippen molar-refractivity contribution in [1.29, 1.82) is 0 Å². The lowest BCUT2D eigenvalue weighted by Crippen LogP contribution is -2.54. The predicted octanol–water partition coefficient (Wildman–Crippen LogP) is 4.08. The Hall–Kier alpha value is -2.66. The van der Waals surface area contributed by atoms with E-state index in [1.165, 1.54) is 4.90 Å². The van der Waals surface area contributed by atoms with E-state index in [0.29, 0.717) is 30.6 Å². The van der Waals surface area contributed by atoms with Gasteiger partial charge in [-0.05, 0) is 51.3 Å². The molecule has 0 radical (unpaired) electrons. The third-order valence-corrected chi connectivity index (χ3v) is 5.36. The van der Waals surface area contributed by atoms with Gasteiger partial charge in [0, 0.05) is 24.4 Å². The molecule has 0 aliphatic heterocycles. The third kappa shape index (κ3) is 9.68. The molecule has 0 bridgehead atoms. The number of rotatable bonds is 12. The van der Waals surface area contributed by atoms with Gasteiger partial charge in [-0.3, -0.25) is 9.59 Å². The van der Waals surface area contributed by atoms with Crippen molar-refractivity contribution in [2.45, 2.75) is 78.0 Å². The monoisotopic (exact) mass is 489 g/mol. The quantitative estimate of drug-likeness (QED) is 0.235. The summed E-state index contributed by atoms with van der Waals surface area (Å²) in [6, 6.07) is 5.21. The second-order valence-corrected chi connectivity index (χ2v) is 9.45. The Kier molecular flexibility index (Phi) is 12.6. The number of hydrogen-bond donors (Lipinski definition) is 3. The van der Waals surface area contributed by atoms with E-state index in [0.717, 1.165) is 19.3 Å². The van der Waals surface area contributed by atoms with E-state index >= 15 is 0 Å². The number of amides is 3. The van der Waals surface area contributed by atoms with Gasteiger partial charge in [0.2, 0.25) is 11.8 Å². The number of benzene rings is 1. The van der Waals surface area contributed by atoms with Gasteiger partial charge in [-0.15, -0.1) is 6.42 Å². The summed E-state index contributed by atoms with van der Waals surface area (Å²) in [4.78, 5) is 40.8. The molecule has 34 heavy (non-hydrogen) atoms. The number of hydrogen-bond acceptors (Lipinski definition) is 5. The lowest BCUT2D eigenvalue weighted by atomic mass is 10.0. The number of nitrogens with zero attached hydrogens (tertiary/aromatic N) is 1. The number of thiol groups is 1. The van der Waals surface area contributed by atoms with Crippen molar-refractivity contribution >= 4 is 30.5 Å². The molecule has 0 saturated carbocycles. The van der Waals surface area contributed by atoms with Gasteiger partial charge in [-0.1, -0.05) is 44.7 Å². The van der Waals surface area contributed by atoms with Gasteiger partial charge in [0.25, 0.3) is 0 Å². The van der Waals surface area contributed by atoms with E-state index in [9.17, 15) is 14.4 Å². The van der Waals surface area contributed by atoms with Gasteiger partial charge in [-0.25, -0.2) is 4.79 Å². The highest BCUT2D eigenvalue weighted by Crippen LogP contribution is 2.24. The molecule has 0 heterocycles. The third-order valence-electron chi connectivity index (χ3n) is 4.99. The molecule has 1 aromatic carbocycles. The Labute approximate surface area is 209 Å². The molecule has 1 aromatic rings. The maximum absolute atomic E-state index is 13.6. The molecule has 0 fully saturated rings. The number of terminal acetylenes is 1. The Balaban J connectivity index is 3.33. The highest BCUT2D eigenvalue weighted by atomic mass is 32.1. The fourth-order valence-corrected chi connectivity index (χ4v) is 3.50. The van der Waals surface area contributed by atoms with Crippen molar-refractivity contribution < 1.29 is 19.1 Å². The van der Waals surface area contributed by atoms with Crippen molar-refractivity contribution in [2.75, 3.05) is 18.8 Å². The first-order chi connectivity index (χ1) is 16.1. The Morgan fingerprint density at radius 1 is 1.12 bits per heavy atom. The van der Waals surface area contributed by atoms with Crippen molar-refractivity contribution in [2.24, 2.45) is 0 Å². The van der Waals surface area contributed by atoms with Crippen LogP contribution in [-0.2, 0) is 14.3 Å². The van der Waals surface area contributed by atoms with Crippen LogP contribution in [0.4, 0.5) is 4.79 Å². The number of carbonyl (C=O) groups is 3. The summed E-state index contributed by atoms with van der Waals surface area (Å²) in [5.74, 6) is 1.95. The summed E-state index contributed by atoms with van der Waals surface area (Å²) >= 11 is 4.29. The Morgan fingerprint density at radius 3 is 2.24 bits per heavy atom. The molecule has 0 spiro atoms. The van der Waals surface area contributed by atoms with E-state index < -0.39 is 29.7 Å². The van der Waals surface area contributed by atoms with E-state index in [2.05, 4.69) is 29.2 Å². The van der Waals surface area contributed by atoms with Crippen molar-refractivity contribution in [3.63, 3.8) is 0 Å². The number of unbranched alkanes of at least 4 members (excludes halogenated alkanes) is 2. The van der Waals surface area contributed by atoms with Crippen LogP contribution >= 0.6 is 12.6 Å². The lowest BCUT2D eigenvalue weighted by Gasteiger charge is -2.34. The Bertz CT molecular complexity index is 843. The number of carbonyl (C=O) groups excluding carboxylic acids is 3. The summed E-state index contributed by atoms with van der Waals surface area (Å²) in [7, 11) is 0. The van der Waals surface area contributed by atoms with Gasteiger partial charge in [0.15, 0.2) is 0 Å². The summed E-state index contributed by atoms with van der Waals surface area (Å²) < 4.78 is 5.31. The minimum atomic E-state index is -0.953. The van der Waals surface area contributed by atoms with Crippen molar-refractivity contribution in [3.05, 3.63) is 35.4 Å². The minimum absolute atomic E-state index is 0.0565. The molecule has 0 aliphatic carbocycles. The van der Waals surface area contributed by atoms with E-state index in [1.54, 1.807) is 45.0 Å². The summed E-state index contributed by atoms with van der Waals surface area (Å²) in [5, 5.41) is 5.56. The maximum Gasteiger partial charge on any atom is 0.408 e. The molecular formula is C26H39N3O4S. The second kappa shape index (κ2) is 14.6. The van der Waals surface area contributed by atoms with Crippen LogP contribution in [0.15, 0.2) is 24.3 Å². The summed E-state index contributed by atoms with van der Waals surface area (Å²) in [6.07, 6.45) is 8.06. The van der Waals surface area contributed by atoms with Crippen LogP contribution in [0.2, 0.25) is 0 Å². The van der Waals surface area contributed by atoms with E-state index in [4.69, 9.17) is 11.2 Å². The van der Waals surface area contributed by atoms with Crippen LogP contribution < -0.4 is 10.6 Å². The van der Waals surface area contributed by atoms with Crippen molar-refractivity contribution in [1.82, 2.24) is 15.5 Å². The molecule has 3 amide bonds. The van der Waals surface area contributed by atoms with E-state index in [-0.39, 0.29) is 11.7 Å². The highest BCUT2D eigenvalue weighted by molar-refractivity contribution is 7.80. The van der Waals surface area contributed by atoms with Crippen LogP contribution in [0.1, 0.15) is 77.5 Å².